The standard InChI is InChI=1S/C12H21N3/c1-4-10-5-6-11(8-10)13-12-7-9(2)15(3)14-12/h7,10-11H,4-6,8H2,1-3H3,(H,13,14). The Morgan fingerprint density at radius 1 is 1.53 bits per heavy atom. The maximum Gasteiger partial charge on any atom is 0.148 e. The number of nitrogens with zero attached hydrogens (tertiary/aromatic N) is 2. The van der Waals surface area contributed by atoms with Gasteiger partial charge < -0.3 is 5.32 Å². The monoisotopic (exact) mass is 207 g/mol. The highest BCUT2D eigenvalue weighted by molar-refractivity contribution is 5.36. The molecule has 3 heteroatoms. The molecule has 2 atom stereocenters. The number of nitrogens with one attached hydrogen (secondary N) is 1. The van der Waals surface area contributed by atoms with Gasteiger partial charge in [-0.15, -0.1) is 0 Å². The van der Waals surface area contributed by atoms with Crippen LogP contribution in [0.4, 0.5) is 5.82 Å². The van der Waals surface area contributed by atoms with Crippen molar-refractivity contribution in [2.45, 2.75) is 45.6 Å². The number of anilines is 1. The van der Waals surface area contributed by atoms with Gasteiger partial charge in [0.15, 0.2) is 0 Å². The highest BCUT2D eigenvalue weighted by atomic mass is 15.3. The van der Waals surface area contributed by atoms with E-state index >= 15 is 0 Å². The minimum atomic E-state index is 0.643. The molecule has 15 heavy (non-hydrogen) atoms. The first-order valence-electron chi connectivity index (χ1n) is 5.96. The van der Waals surface area contributed by atoms with Gasteiger partial charge in [-0.1, -0.05) is 13.3 Å². The Morgan fingerprint density at radius 3 is 2.87 bits per heavy atom. The van der Waals surface area contributed by atoms with Crippen LogP contribution in [0.15, 0.2) is 6.07 Å². The average Bonchev–Trinajstić information content (AvgIpc) is 2.76. The molecule has 1 N–H and O–H groups in total. The van der Waals surface area contributed by atoms with Crippen molar-refractivity contribution in [2.24, 2.45) is 13.0 Å². The summed E-state index contributed by atoms with van der Waals surface area (Å²) in [6, 6.07) is 2.77. The third-order valence-corrected chi connectivity index (χ3v) is 3.58. The smallest absolute Gasteiger partial charge is 0.148 e. The van der Waals surface area contributed by atoms with E-state index in [1.165, 1.54) is 31.4 Å². The van der Waals surface area contributed by atoms with Gasteiger partial charge in [0.25, 0.3) is 0 Å². The number of hydrogen-bond acceptors (Lipinski definition) is 2. The van der Waals surface area contributed by atoms with Gasteiger partial charge in [-0.05, 0) is 32.1 Å². The predicted molar refractivity (Wildman–Crippen MR) is 63.0 cm³/mol. The fraction of sp³-hybridized carbons (Fsp3) is 0.750. The van der Waals surface area contributed by atoms with Gasteiger partial charge in [-0.3, -0.25) is 4.68 Å². The van der Waals surface area contributed by atoms with Crippen molar-refractivity contribution in [1.29, 1.82) is 0 Å². The molecule has 1 aromatic rings. The fourth-order valence-corrected chi connectivity index (χ4v) is 2.42. The molecule has 0 saturated heterocycles. The van der Waals surface area contributed by atoms with Crippen molar-refractivity contribution in [1.82, 2.24) is 9.78 Å². The Labute approximate surface area is 91.9 Å². The Balaban J connectivity index is 1.92. The molecule has 1 fully saturated rings. The molecule has 0 bridgehead atoms. The second-order valence-electron chi connectivity index (χ2n) is 4.72. The van der Waals surface area contributed by atoms with Gasteiger partial charge in [0, 0.05) is 24.8 Å². The Morgan fingerprint density at radius 2 is 2.33 bits per heavy atom. The van der Waals surface area contributed by atoms with Crippen molar-refractivity contribution in [3.8, 4) is 0 Å². The van der Waals surface area contributed by atoms with E-state index in [4.69, 9.17) is 0 Å². The van der Waals surface area contributed by atoms with Crippen LogP contribution in [0.25, 0.3) is 0 Å². The van der Waals surface area contributed by atoms with Crippen LogP contribution in [0, 0.1) is 12.8 Å². The quantitative estimate of drug-likeness (QED) is 0.826. The Hall–Kier alpha value is -0.990. The second-order valence-corrected chi connectivity index (χ2v) is 4.72. The van der Waals surface area contributed by atoms with Crippen LogP contribution in [0.3, 0.4) is 0 Å². The van der Waals surface area contributed by atoms with Crippen LogP contribution in [0.1, 0.15) is 38.3 Å². The SMILES string of the molecule is CCC1CCC(Nc2cc(C)n(C)n2)C1. The van der Waals surface area contributed by atoms with Crippen LogP contribution < -0.4 is 5.32 Å². The first-order valence-corrected chi connectivity index (χ1v) is 5.96. The topological polar surface area (TPSA) is 29.9 Å². The molecular weight excluding hydrogens is 186 g/mol. The van der Waals surface area contributed by atoms with Crippen LogP contribution in [0.5, 0.6) is 0 Å². The number of aryl methyl sites for hydroxylation is 2. The van der Waals surface area contributed by atoms with E-state index in [9.17, 15) is 0 Å². The normalized spacial score (nSPS) is 25.8. The molecule has 84 valence electrons. The van der Waals surface area contributed by atoms with Crippen molar-refractivity contribution < 1.29 is 0 Å². The summed E-state index contributed by atoms with van der Waals surface area (Å²) in [4.78, 5) is 0. The van der Waals surface area contributed by atoms with Crippen LogP contribution >= 0.6 is 0 Å². The minimum absolute atomic E-state index is 0.643. The van der Waals surface area contributed by atoms with E-state index in [-0.39, 0.29) is 0 Å². The molecule has 0 radical (unpaired) electrons. The molecule has 0 spiro atoms. The lowest BCUT2D eigenvalue weighted by molar-refractivity contribution is 0.524. The van der Waals surface area contributed by atoms with E-state index in [0.717, 1.165) is 11.7 Å². The zero-order valence-electron chi connectivity index (χ0n) is 9.95. The first kappa shape index (κ1) is 10.5. The predicted octanol–water partition coefficient (Wildman–Crippen LogP) is 2.72. The molecule has 1 aliphatic rings. The molecule has 1 heterocycles. The summed E-state index contributed by atoms with van der Waals surface area (Å²) >= 11 is 0. The maximum atomic E-state index is 4.43. The molecule has 0 aliphatic heterocycles. The summed E-state index contributed by atoms with van der Waals surface area (Å²) in [5, 5.41) is 7.96. The summed E-state index contributed by atoms with van der Waals surface area (Å²) in [7, 11) is 1.99. The molecule has 2 rings (SSSR count). The van der Waals surface area contributed by atoms with Gasteiger partial charge in [-0.2, -0.15) is 5.10 Å². The van der Waals surface area contributed by atoms with Crippen molar-refractivity contribution in [2.75, 3.05) is 5.32 Å². The van der Waals surface area contributed by atoms with Crippen molar-refractivity contribution in [3.05, 3.63) is 11.8 Å². The third kappa shape index (κ3) is 2.33. The summed E-state index contributed by atoms with van der Waals surface area (Å²) in [5.74, 6) is 1.96. The minimum Gasteiger partial charge on any atom is -0.366 e. The van der Waals surface area contributed by atoms with Crippen molar-refractivity contribution >= 4 is 5.82 Å². The highest BCUT2D eigenvalue weighted by Crippen LogP contribution is 2.29. The number of aromatic nitrogens is 2. The molecule has 3 nitrogen and oxygen atoms in total. The van der Waals surface area contributed by atoms with Gasteiger partial charge >= 0.3 is 0 Å². The average molecular weight is 207 g/mol. The Kier molecular flexibility index (Phi) is 2.98. The largest absolute Gasteiger partial charge is 0.366 e. The third-order valence-electron chi connectivity index (χ3n) is 3.58. The molecule has 0 aromatic carbocycles. The van der Waals surface area contributed by atoms with Crippen molar-refractivity contribution in [3.63, 3.8) is 0 Å². The molecule has 1 saturated carbocycles. The number of hydrogen-bond donors (Lipinski definition) is 1. The van der Waals surface area contributed by atoms with E-state index in [2.05, 4.69) is 30.3 Å². The van der Waals surface area contributed by atoms with Crippen LogP contribution in [0.2, 0.25) is 0 Å². The summed E-state index contributed by atoms with van der Waals surface area (Å²) in [6.45, 7) is 4.37. The van der Waals surface area contributed by atoms with E-state index in [0.29, 0.717) is 6.04 Å². The maximum absolute atomic E-state index is 4.43. The van der Waals surface area contributed by atoms with E-state index in [1.54, 1.807) is 0 Å². The van der Waals surface area contributed by atoms with E-state index < -0.39 is 0 Å². The summed E-state index contributed by atoms with van der Waals surface area (Å²) in [5.41, 5.74) is 1.21. The zero-order valence-corrected chi connectivity index (χ0v) is 9.95. The second kappa shape index (κ2) is 4.25. The lowest BCUT2D eigenvalue weighted by atomic mass is 10.1. The molecule has 2 unspecified atom stereocenters. The first-order chi connectivity index (χ1) is 7.19. The van der Waals surface area contributed by atoms with Crippen LogP contribution in [-0.2, 0) is 7.05 Å². The van der Waals surface area contributed by atoms with Gasteiger partial charge in [0.2, 0.25) is 0 Å². The molecule has 1 aromatic heterocycles. The Bertz CT molecular complexity index is 310. The van der Waals surface area contributed by atoms with Crippen LogP contribution in [-0.4, -0.2) is 15.8 Å². The van der Waals surface area contributed by atoms with Gasteiger partial charge in [0.05, 0.1) is 0 Å². The lowest BCUT2D eigenvalue weighted by Crippen LogP contribution is -2.15. The highest BCUT2D eigenvalue weighted by Gasteiger charge is 2.23. The summed E-state index contributed by atoms with van der Waals surface area (Å²) < 4.78 is 1.93. The molecular formula is C12H21N3. The summed E-state index contributed by atoms with van der Waals surface area (Å²) in [6.07, 6.45) is 5.31. The van der Waals surface area contributed by atoms with E-state index in [1.807, 2.05) is 11.7 Å². The molecule has 1 aliphatic carbocycles. The van der Waals surface area contributed by atoms with Gasteiger partial charge in [0.1, 0.15) is 5.82 Å². The lowest BCUT2D eigenvalue weighted by Gasteiger charge is -2.11. The number of rotatable bonds is 3. The fourth-order valence-electron chi connectivity index (χ4n) is 2.42. The van der Waals surface area contributed by atoms with Gasteiger partial charge in [-0.25, -0.2) is 0 Å². The molecule has 0 amide bonds. The zero-order chi connectivity index (χ0) is 10.8.